The fourth-order valence-corrected chi connectivity index (χ4v) is 3.04. The number of unbranched alkanes of at least 4 members (excludes halogenated alkanes) is 2. The van der Waals surface area contributed by atoms with Gasteiger partial charge in [-0.1, -0.05) is 6.07 Å². The summed E-state index contributed by atoms with van der Waals surface area (Å²) >= 11 is 0. The Morgan fingerprint density at radius 3 is 2.45 bits per heavy atom. The molecule has 1 aromatic carbocycles. The van der Waals surface area contributed by atoms with Crippen LogP contribution in [0.5, 0.6) is 0 Å². The molecule has 0 spiro atoms. The van der Waals surface area contributed by atoms with Gasteiger partial charge in [-0.3, -0.25) is 4.90 Å². The number of nitrogens with zero attached hydrogens (tertiary/aromatic N) is 2. The molecule has 5 heteroatoms. The van der Waals surface area contributed by atoms with Gasteiger partial charge in [-0.25, -0.2) is 8.78 Å². The van der Waals surface area contributed by atoms with Crippen molar-refractivity contribution in [3.8, 4) is 0 Å². The Labute approximate surface area is 131 Å². The Morgan fingerprint density at radius 2 is 1.82 bits per heavy atom. The molecule has 1 aliphatic heterocycles. The molecule has 1 N–H and O–H groups in total. The Hall–Kier alpha value is -1.04. The number of hydrogen-bond acceptors (Lipinski definition) is 3. The zero-order chi connectivity index (χ0) is 15.9. The molecule has 0 saturated carbocycles. The second kappa shape index (κ2) is 8.56. The second-order valence-corrected chi connectivity index (χ2v) is 6.00. The molecule has 124 valence electrons. The summed E-state index contributed by atoms with van der Waals surface area (Å²) < 4.78 is 26.9. The molecule has 0 aliphatic carbocycles. The highest BCUT2D eigenvalue weighted by Crippen LogP contribution is 2.24. The van der Waals surface area contributed by atoms with Gasteiger partial charge in [0.15, 0.2) is 0 Å². The zero-order valence-electron chi connectivity index (χ0n) is 13.3. The summed E-state index contributed by atoms with van der Waals surface area (Å²) in [4.78, 5) is 4.67. The lowest BCUT2D eigenvalue weighted by atomic mass is 10.1. The first-order valence-corrected chi connectivity index (χ1v) is 8.14. The van der Waals surface area contributed by atoms with E-state index in [1.54, 1.807) is 6.07 Å². The number of aliphatic hydroxyl groups is 1. The molecule has 0 bridgehead atoms. The van der Waals surface area contributed by atoms with E-state index >= 15 is 0 Å². The average Bonchev–Trinajstić information content (AvgIpc) is 2.52. The SMILES string of the molecule is CC(c1ccc(F)cc1F)N1CCN(CCCCCO)CC1. The maximum atomic E-state index is 13.9. The van der Waals surface area contributed by atoms with Gasteiger partial charge in [0.05, 0.1) is 0 Å². The molecule has 22 heavy (non-hydrogen) atoms. The molecular weight excluding hydrogens is 286 g/mol. The van der Waals surface area contributed by atoms with Gasteiger partial charge in [-0.15, -0.1) is 0 Å². The molecule has 1 aromatic rings. The van der Waals surface area contributed by atoms with E-state index < -0.39 is 11.6 Å². The molecule has 1 saturated heterocycles. The quantitative estimate of drug-likeness (QED) is 0.784. The minimum atomic E-state index is -0.527. The van der Waals surface area contributed by atoms with E-state index in [4.69, 9.17) is 5.11 Å². The van der Waals surface area contributed by atoms with E-state index in [0.29, 0.717) is 5.56 Å². The van der Waals surface area contributed by atoms with Gasteiger partial charge in [0.1, 0.15) is 11.6 Å². The van der Waals surface area contributed by atoms with Crippen molar-refractivity contribution in [1.29, 1.82) is 0 Å². The van der Waals surface area contributed by atoms with Crippen LogP contribution in [-0.2, 0) is 0 Å². The van der Waals surface area contributed by atoms with Crippen LogP contribution in [0.1, 0.15) is 37.8 Å². The fourth-order valence-electron chi connectivity index (χ4n) is 3.04. The first-order valence-electron chi connectivity index (χ1n) is 8.14. The van der Waals surface area contributed by atoms with Crippen LogP contribution >= 0.6 is 0 Å². The van der Waals surface area contributed by atoms with Crippen molar-refractivity contribution in [3.63, 3.8) is 0 Å². The average molecular weight is 312 g/mol. The molecule has 1 heterocycles. The fraction of sp³-hybridized carbons (Fsp3) is 0.647. The number of hydrogen-bond donors (Lipinski definition) is 1. The third-order valence-corrected chi connectivity index (χ3v) is 4.50. The van der Waals surface area contributed by atoms with Crippen molar-refractivity contribution in [2.24, 2.45) is 0 Å². The van der Waals surface area contributed by atoms with E-state index in [9.17, 15) is 8.78 Å². The Kier molecular flexibility index (Phi) is 6.73. The largest absolute Gasteiger partial charge is 0.396 e. The summed E-state index contributed by atoms with van der Waals surface area (Å²) in [7, 11) is 0. The summed E-state index contributed by atoms with van der Waals surface area (Å²) in [6, 6.07) is 3.81. The third kappa shape index (κ3) is 4.73. The van der Waals surface area contributed by atoms with E-state index in [1.165, 1.54) is 6.07 Å². The van der Waals surface area contributed by atoms with Crippen LogP contribution in [0.15, 0.2) is 18.2 Å². The van der Waals surface area contributed by atoms with Gasteiger partial charge in [-0.2, -0.15) is 0 Å². The summed E-state index contributed by atoms with van der Waals surface area (Å²) in [6.45, 7) is 7.07. The van der Waals surface area contributed by atoms with Crippen LogP contribution in [0.25, 0.3) is 0 Å². The zero-order valence-corrected chi connectivity index (χ0v) is 13.3. The first-order chi connectivity index (χ1) is 10.6. The highest BCUT2D eigenvalue weighted by molar-refractivity contribution is 5.21. The number of rotatable bonds is 7. The van der Waals surface area contributed by atoms with Gasteiger partial charge < -0.3 is 10.0 Å². The van der Waals surface area contributed by atoms with Crippen LogP contribution in [0.2, 0.25) is 0 Å². The number of halogens is 2. The standard InChI is InChI=1S/C17H26F2N2O/c1-14(16-6-5-15(18)13-17(16)19)21-10-8-20(9-11-21)7-3-2-4-12-22/h5-6,13-14,22H,2-4,7-12H2,1H3. The molecule has 3 nitrogen and oxygen atoms in total. The maximum absolute atomic E-state index is 13.9. The molecule has 0 amide bonds. The molecule has 0 aromatic heterocycles. The highest BCUT2D eigenvalue weighted by atomic mass is 19.1. The van der Waals surface area contributed by atoms with Crippen molar-refractivity contribution in [1.82, 2.24) is 9.80 Å². The van der Waals surface area contributed by atoms with Crippen LogP contribution in [-0.4, -0.2) is 54.2 Å². The van der Waals surface area contributed by atoms with Crippen LogP contribution < -0.4 is 0 Å². The van der Waals surface area contributed by atoms with Crippen LogP contribution in [0, 0.1) is 11.6 Å². The maximum Gasteiger partial charge on any atom is 0.130 e. The smallest absolute Gasteiger partial charge is 0.130 e. The van der Waals surface area contributed by atoms with Gasteiger partial charge >= 0.3 is 0 Å². The highest BCUT2D eigenvalue weighted by Gasteiger charge is 2.23. The van der Waals surface area contributed by atoms with E-state index in [1.807, 2.05) is 6.92 Å². The second-order valence-electron chi connectivity index (χ2n) is 6.00. The lowest BCUT2D eigenvalue weighted by Crippen LogP contribution is -2.47. The van der Waals surface area contributed by atoms with Crippen molar-refractivity contribution in [2.75, 3.05) is 39.3 Å². The van der Waals surface area contributed by atoms with E-state index in [2.05, 4.69) is 9.80 Å². The number of benzene rings is 1. The molecule has 1 fully saturated rings. The minimum Gasteiger partial charge on any atom is -0.396 e. The monoisotopic (exact) mass is 312 g/mol. The van der Waals surface area contributed by atoms with Crippen LogP contribution in [0.3, 0.4) is 0 Å². The van der Waals surface area contributed by atoms with Crippen molar-refractivity contribution < 1.29 is 13.9 Å². The molecule has 0 radical (unpaired) electrons. The summed E-state index contributed by atoms with van der Waals surface area (Å²) in [5, 5.41) is 8.77. The van der Waals surface area contributed by atoms with Gasteiger partial charge in [0.2, 0.25) is 0 Å². The van der Waals surface area contributed by atoms with Crippen molar-refractivity contribution in [3.05, 3.63) is 35.4 Å². The number of aliphatic hydroxyl groups excluding tert-OH is 1. The summed E-state index contributed by atoms with van der Waals surface area (Å²) in [5.41, 5.74) is 0.567. The topological polar surface area (TPSA) is 26.7 Å². The van der Waals surface area contributed by atoms with Gasteiger partial charge in [0, 0.05) is 50.5 Å². The van der Waals surface area contributed by atoms with Gasteiger partial charge in [-0.05, 0) is 38.8 Å². The molecule has 1 atom stereocenters. The molecule has 1 unspecified atom stereocenters. The Balaban J connectivity index is 1.80. The van der Waals surface area contributed by atoms with Crippen molar-refractivity contribution in [2.45, 2.75) is 32.2 Å². The minimum absolute atomic E-state index is 0.0304. The lowest BCUT2D eigenvalue weighted by Gasteiger charge is -2.38. The van der Waals surface area contributed by atoms with Crippen LogP contribution in [0.4, 0.5) is 8.78 Å². The lowest BCUT2D eigenvalue weighted by molar-refractivity contribution is 0.0993. The predicted octanol–water partition coefficient (Wildman–Crippen LogP) is 2.81. The number of piperazine rings is 1. The van der Waals surface area contributed by atoms with Crippen molar-refractivity contribution >= 4 is 0 Å². The normalized spacial score (nSPS) is 18.5. The predicted molar refractivity (Wildman–Crippen MR) is 83.7 cm³/mol. The Morgan fingerprint density at radius 1 is 1.09 bits per heavy atom. The molecule has 1 aliphatic rings. The molecule has 2 rings (SSSR count). The Bertz CT molecular complexity index is 462. The van der Waals surface area contributed by atoms with Gasteiger partial charge in [0.25, 0.3) is 0 Å². The third-order valence-electron chi connectivity index (χ3n) is 4.50. The first kappa shape index (κ1) is 17.3. The molecular formula is C17H26F2N2O. The van der Waals surface area contributed by atoms with E-state index in [-0.39, 0.29) is 12.6 Å². The van der Waals surface area contributed by atoms with E-state index in [0.717, 1.165) is 58.1 Å². The summed E-state index contributed by atoms with van der Waals surface area (Å²) in [5.74, 6) is -0.986. The summed E-state index contributed by atoms with van der Waals surface area (Å²) in [6.07, 6.45) is 3.05.